The summed E-state index contributed by atoms with van der Waals surface area (Å²) < 4.78 is 23.4. The van der Waals surface area contributed by atoms with Crippen molar-refractivity contribution >= 4 is 5.91 Å². The molecule has 1 atom stereocenters. The summed E-state index contributed by atoms with van der Waals surface area (Å²) in [6, 6.07) is 0. The van der Waals surface area contributed by atoms with E-state index < -0.39 is 12.5 Å². The standard InChI is InChI=1S/C7H11F2NO2/c8-6(9)5(11)3-10-7(12)4-1-2-4/h4-6,11H,1-3H2,(H,10,12). The smallest absolute Gasteiger partial charge is 0.265 e. The fourth-order valence-corrected chi connectivity index (χ4v) is 0.784. The van der Waals surface area contributed by atoms with Gasteiger partial charge in [0.2, 0.25) is 5.91 Å². The highest BCUT2D eigenvalue weighted by atomic mass is 19.3. The van der Waals surface area contributed by atoms with Crippen molar-refractivity contribution in [3.8, 4) is 0 Å². The Labute approximate surface area is 68.8 Å². The summed E-state index contributed by atoms with van der Waals surface area (Å²) in [5, 5.41) is 10.9. The molecule has 2 N–H and O–H groups in total. The summed E-state index contributed by atoms with van der Waals surface area (Å²) in [6.07, 6.45) is -2.87. The number of rotatable bonds is 4. The van der Waals surface area contributed by atoms with Crippen LogP contribution in [0.5, 0.6) is 0 Å². The molecule has 1 unspecified atom stereocenters. The Balaban J connectivity index is 2.11. The van der Waals surface area contributed by atoms with Crippen LogP contribution >= 0.6 is 0 Å². The predicted molar refractivity (Wildman–Crippen MR) is 37.7 cm³/mol. The lowest BCUT2D eigenvalue weighted by Crippen LogP contribution is -2.36. The molecule has 5 heteroatoms. The molecule has 1 aliphatic carbocycles. The molecule has 0 aromatic heterocycles. The van der Waals surface area contributed by atoms with Crippen molar-refractivity contribution in [1.29, 1.82) is 0 Å². The number of aliphatic hydroxyl groups excluding tert-OH is 1. The van der Waals surface area contributed by atoms with Crippen LogP contribution in [-0.2, 0) is 4.79 Å². The molecule has 1 rings (SSSR count). The van der Waals surface area contributed by atoms with Gasteiger partial charge in [0.1, 0.15) is 6.10 Å². The minimum atomic E-state index is -2.79. The maximum absolute atomic E-state index is 11.7. The Hall–Kier alpha value is -0.710. The fraction of sp³-hybridized carbons (Fsp3) is 0.857. The SMILES string of the molecule is O=C(NCC(O)C(F)F)C1CC1. The number of nitrogens with one attached hydrogen (secondary N) is 1. The van der Waals surface area contributed by atoms with Gasteiger partial charge in [-0.25, -0.2) is 8.78 Å². The van der Waals surface area contributed by atoms with Gasteiger partial charge in [-0.2, -0.15) is 0 Å². The zero-order chi connectivity index (χ0) is 9.14. The third-order valence-corrected chi connectivity index (χ3v) is 1.72. The predicted octanol–water partition coefficient (Wildman–Crippen LogP) is 0.139. The van der Waals surface area contributed by atoms with Crippen LogP contribution in [0.15, 0.2) is 0 Å². The van der Waals surface area contributed by atoms with Gasteiger partial charge in [-0.3, -0.25) is 4.79 Å². The lowest BCUT2D eigenvalue weighted by Gasteiger charge is -2.09. The molecule has 0 aromatic rings. The first-order chi connectivity index (χ1) is 5.61. The summed E-state index contributed by atoms with van der Waals surface area (Å²) in [5.74, 6) is -0.232. The zero-order valence-corrected chi connectivity index (χ0v) is 6.46. The Morgan fingerprint density at radius 3 is 2.58 bits per heavy atom. The molecule has 0 aliphatic heterocycles. The second-order valence-electron chi connectivity index (χ2n) is 2.92. The molecule has 1 saturated carbocycles. The normalized spacial score (nSPS) is 19.3. The van der Waals surface area contributed by atoms with Crippen molar-refractivity contribution < 1.29 is 18.7 Å². The quantitative estimate of drug-likeness (QED) is 0.644. The summed E-state index contributed by atoms with van der Waals surface area (Å²) >= 11 is 0. The molecule has 3 nitrogen and oxygen atoms in total. The van der Waals surface area contributed by atoms with Crippen LogP contribution < -0.4 is 5.32 Å². The van der Waals surface area contributed by atoms with Crippen molar-refractivity contribution in [3.63, 3.8) is 0 Å². The molecule has 1 aliphatic rings. The maximum atomic E-state index is 11.7. The zero-order valence-electron chi connectivity index (χ0n) is 6.46. The molecule has 70 valence electrons. The van der Waals surface area contributed by atoms with Gasteiger partial charge in [-0.05, 0) is 12.8 Å². The number of halogens is 2. The van der Waals surface area contributed by atoms with Gasteiger partial charge in [-0.1, -0.05) is 0 Å². The van der Waals surface area contributed by atoms with E-state index in [1.807, 2.05) is 0 Å². The first-order valence-corrected chi connectivity index (χ1v) is 3.85. The van der Waals surface area contributed by atoms with Crippen LogP contribution in [0.4, 0.5) is 8.78 Å². The Bertz CT molecular complexity index is 171. The number of hydrogen-bond donors (Lipinski definition) is 2. The van der Waals surface area contributed by atoms with E-state index >= 15 is 0 Å². The minimum absolute atomic E-state index is 0.00475. The Morgan fingerprint density at radius 2 is 2.17 bits per heavy atom. The van der Waals surface area contributed by atoms with E-state index in [9.17, 15) is 13.6 Å². The first kappa shape index (κ1) is 9.38. The number of aliphatic hydroxyl groups is 1. The van der Waals surface area contributed by atoms with Crippen molar-refractivity contribution in [1.82, 2.24) is 5.32 Å². The van der Waals surface area contributed by atoms with Crippen molar-refractivity contribution in [3.05, 3.63) is 0 Å². The van der Waals surface area contributed by atoms with Crippen LogP contribution in [0, 0.1) is 5.92 Å². The number of carbonyl (C=O) groups excluding carboxylic acids is 1. The van der Waals surface area contributed by atoms with E-state index in [1.54, 1.807) is 0 Å². The fourth-order valence-electron chi connectivity index (χ4n) is 0.784. The van der Waals surface area contributed by atoms with Gasteiger partial charge < -0.3 is 10.4 Å². The average Bonchev–Trinajstić information content (AvgIpc) is 2.81. The van der Waals surface area contributed by atoms with Crippen LogP contribution in [0.1, 0.15) is 12.8 Å². The minimum Gasteiger partial charge on any atom is -0.385 e. The maximum Gasteiger partial charge on any atom is 0.265 e. The van der Waals surface area contributed by atoms with E-state index in [1.165, 1.54) is 0 Å². The number of alkyl halides is 2. The van der Waals surface area contributed by atoms with Gasteiger partial charge in [0.25, 0.3) is 6.43 Å². The monoisotopic (exact) mass is 179 g/mol. The molecular formula is C7H11F2NO2. The first-order valence-electron chi connectivity index (χ1n) is 3.85. The van der Waals surface area contributed by atoms with E-state index in [2.05, 4.69) is 5.32 Å². The topological polar surface area (TPSA) is 49.3 Å². The number of amides is 1. The van der Waals surface area contributed by atoms with Gasteiger partial charge in [-0.15, -0.1) is 0 Å². The van der Waals surface area contributed by atoms with Crippen LogP contribution in [-0.4, -0.2) is 30.1 Å². The third-order valence-electron chi connectivity index (χ3n) is 1.72. The molecule has 0 spiro atoms. The van der Waals surface area contributed by atoms with Gasteiger partial charge >= 0.3 is 0 Å². The molecule has 0 radical (unpaired) electrons. The number of hydrogen-bond acceptors (Lipinski definition) is 2. The summed E-state index contributed by atoms with van der Waals surface area (Å²) in [4.78, 5) is 10.9. The van der Waals surface area contributed by atoms with Crippen LogP contribution in [0.2, 0.25) is 0 Å². The van der Waals surface area contributed by atoms with E-state index in [4.69, 9.17) is 5.11 Å². The molecule has 1 amide bonds. The Morgan fingerprint density at radius 1 is 1.58 bits per heavy atom. The molecule has 0 heterocycles. The highest BCUT2D eigenvalue weighted by Crippen LogP contribution is 2.28. The second-order valence-corrected chi connectivity index (χ2v) is 2.92. The summed E-state index contributed by atoms with van der Waals surface area (Å²) in [7, 11) is 0. The molecule has 12 heavy (non-hydrogen) atoms. The van der Waals surface area contributed by atoms with Crippen LogP contribution in [0.3, 0.4) is 0 Å². The average molecular weight is 179 g/mol. The number of carbonyl (C=O) groups is 1. The van der Waals surface area contributed by atoms with E-state index in [0.29, 0.717) is 0 Å². The van der Waals surface area contributed by atoms with Gasteiger partial charge in [0.15, 0.2) is 0 Å². The summed E-state index contributed by atoms with van der Waals surface area (Å²) in [6.45, 7) is -0.354. The molecule has 0 saturated heterocycles. The summed E-state index contributed by atoms with van der Waals surface area (Å²) in [5.41, 5.74) is 0. The molecule has 0 aromatic carbocycles. The van der Waals surface area contributed by atoms with Crippen molar-refractivity contribution in [2.24, 2.45) is 5.92 Å². The third kappa shape index (κ3) is 2.73. The highest BCUT2D eigenvalue weighted by molar-refractivity contribution is 5.80. The largest absolute Gasteiger partial charge is 0.385 e. The second kappa shape index (κ2) is 3.80. The molecule has 1 fully saturated rings. The lowest BCUT2D eigenvalue weighted by atomic mass is 10.3. The molecular weight excluding hydrogens is 168 g/mol. The lowest BCUT2D eigenvalue weighted by molar-refractivity contribution is -0.123. The van der Waals surface area contributed by atoms with Crippen molar-refractivity contribution in [2.45, 2.75) is 25.4 Å². The van der Waals surface area contributed by atoms with Gasteiger partial charge in [0.05, 0.1) is 0 Å². The van der Waals surface area contributed by atoms with Crippen molar-refractivity contribution in [2.75, 3.05) is 6.54 Å². The highest BCUT2D eigenvalue weighted by Gasteiger charge is 2.30. The van der Waals surface area contributed by atoms with Crippen LogP contribution in [0.25, 0.3) is 0 Å². The van der Waals surface area contributed by atoms with Gasteiger partial charge in [0, 0.05) is 12.5 Å². The van der Waals surface area contributed by atoms with E-state index in [-0.39, 0.29) is 18.4 Å². The van der Waals surface area contributed by atoms with E-state index in [0.717, 1.165) is 12.8 Å². The molecule has 0 bridgehead atoms. The Kier molecular flexibility index (Phi) is 2.97.